The maximum absolute atomic E-state index is 11.8. The van der Waals surface area contributed by atoms with Crippen molar-refractivity contribution in [2.75, 3.05) is 5.75 Å². The molecule has 0 aromatic carbocycles. The first-order chi connectivity index (χ1) is 8.74. The summed E-state index contributed by atoms with van der Waals surface area (Å²) in [7, 11) is 0. The molecule has 0 saturated carbocycles. The summed E-state index contributed by atoms with van der Waals surface area (Å²) in [5.74, 6) is 1.70. The molecule has 0 bridgehead atoms. The third-order valence-corrected chi connectivity index (χ3v) is 3.39. The third-order valence-electron chi connectivity index (χ3n) is 2.42. The molecular formula is C13H24N4OS. The van der Waals surface area contributed by atoms with E-state index in [1.807, 2.05) is 20.8 Å². The Hall–Kier alpha value is -1.04. The Balaban J connectivity index is 2.66. The van der Waals surface area contributed by atoms with Crippen LogP contribution in [0, 0.1) is 0 Å². The minimum Gasteiger partial charge on any atom is -0.351 e. The van der Waals surface area contributed by atoms with Crippen molar-refractivity contribution >= 4 is 17.7 Å². The van der Waals surface area contributed by atoms with Crippen LogP contribution in [0.1, 0.15) is 53.3 Å². The fourth-order valence-electron chi connectivity index (χ4n) is 1.72. The van der Waals surface area contributed by atoms with Crippen molar-refractivity contribution in [2.45, 2.75) is 64.7 Å². The van der Waals surface area contributed by atoms with E-state index in [1.54, 1.807) is 0 Å². The molecule has 1 rings (SSSR count). The first-order valence-corrected chi connectivity index (χ1v) is 7.60. The van der Waals surface area contributed by atoms with Gasteiger partial charge in [0.1, 0.15) is 5.82 Å². The van der Waals surface area contributed by atoms with E-state index in [1.165, 1.54) is 11.8 Å². The van der Waals surface area contributed by atoms with Crippen molar-refractivity contribution < 1.29 is 4.79 Å². The van der Waals surface area contributed by atoms with Gasteiger partial charge >= 0.3 is 0 Å². The van der Waals surface area contributed by atoms with Crippen LogP contribution in [0.3, 0.4) is 0 Å². The average molecular weight is 284 g/mol. The van der Waals surface area contributed by atoms with Gasteiger partial charge in [-0.25, -0.2) is 0 Å². The van der Waals surface area contributed by atoms with Gasteiger partial charge in [-0.15, -0.1) is 10.2 Å². The number of rotatable bonds is 5. The lowest BCUT2D eigenvalue weighted by molar-refractivity contribution is -0.119. The SMILES string of the molecule is CCn1c(SCC(=O)NC(C)(C)C)nnc1C(C)C. The lowest BCUT2D eigenvalue weighted by Gasteiger charge is -2.20. The maximum Gasteiger partial charge on any atom is 0.230 e. The van der Waals surface area contributed by atoms with Crippen molar-refractivity contribution in [1.29, 1.82) is 0 Å². The van der Waals surface area contributed by atoms with E-state index in [9.17, 15) is 4.79 Å². The van der Waals surface area contributed by atoms with Crippen molar-refractivity contribution in [3.63, 3.8) is 0 Å². The molecule has 0 unspecified atom stereocenters. The van der Waals surface area contributed by atoms with Gasteiger partial charge in [0, 0.05) is 18.0 Å². The summed E-state index contributed by atoms with van der Waals surface area (Å²) in [4.78, 5) is 11.8. The van der Waals surface area contributed by atoms with E-state index < -0.39 is 0 Å². The van der Waals surface area contributed by atoms with Crippen LogP contribution in [0.2, 0.25) is 0 Å². The first kappa shape index (κ1) is 16.0. The molecule has 1 aromatic rings. The van der Waals surface area contributed by atoms with Gasteiger partial charge in [0.25, 0.3) is 0 Å². The zero-order valence-electron chi connectivity index (χ0n) is 12.6. The Kier molecular flexibility index (Phi) is 5.40. The molecule has 0 aliphatic heterocycles. The molecule has 0 atom stereocenters. The molecular weight excluding hydrogens is 260 g/mol. The molecule has 0 radical (unpaired) electrons. The fraction of sp³-hybridized carbons (Fsp3) is 0.769. The molecule has 6 heteroatoms. The molecule has 1 amide bonds. The van der Waals surface area contributed by atoms with Gasteiger partial charge in [-0.05, 0) is 27.7 Å². The van der Waals surface area contributed by atoms with Crippen LogP contribution in [0.25, 0.3) is 0 Å². The molecule has 0 spiro atoms. The lowest BCUT2D eigenvalue weighted by Crippen LogP contribution is -2.41. The molecule has 108 valence electrons. The third kappa shape index (κ3) is 4.86. The second-order valence-electron chi connectivity index (χ2n) is 5.83. The van der Waals surface area contributed by atoms with Gasteiger partial charge in [-0.3, -0.25) is 4.79 Å². The molecule has 1 N–H and O–H groups in total. The van der Waals surface area contributed by atoms with Crippen LogP contribution in [-0.4, -0.2) is 32.0 Å². The van der Waals surface area contributed by atoms with E-state index in [4.69, 9.17) is 0 Å². The zero-order valence-corrected chi connectivity index (χ0v) is 13.5. The molecule has 0 aliphatic rings. The second kappa shape index (κ2) is 6.41. The van der Waals surface area contributed by atoms with Gasteiger partial charge in [-0.2, -0.15) is 0 Å². The predicted octanol–water partition coefficient (Wildman–Crippen LogP) is 2.43. The first-order valence-electron chi connectivity index (χ1n) is 6.61. The number of nitrogens with one attached hydrogen (secondary N) is 1. The van der Waals surface area contributed by atoms with Crippen LogP contribution < -0.4 is 5.32 Å². The van der Waals surface area contributed by atoms with Gasteiger partial charge < -0.3 is 9.88 Å². The Morgan fingerprint density at radius 1 is 1.37 bits per heavy atom. The van der Waals surface area contributed by atoms with Gasteiger partial charge in [0.2, 0.25) is 5.91 Å². The Labute approximate surface area is 119 Å². The molecule has 0 saturated heterocycles. The number of hydrogen-bond donors (Lipinski definition) is 1. The highest BCUT2D eigenvalue weighted by atomic mass is 32.2. The van der Waals surface area contributed by atoms with Crippen LogP contribution in [-0.2, 0) is 11.3 Å². The summed E-state index contributed by atoms with van der Waals surface area (Å²) in [6, 6.07) is 0. The summed E-state index contributed by atoms with van der Waals surface area (Å²) >= 11 is 1.44. The topological polar surface area (TPSA) is 59.8 Å². The highest BCUT2D eigenvalue weighted by Crippen LogP contribution is 2.21. The normalized spacial score (nSPS) is 11.9. The smallest absolute Gasteiger partial charge is 0.230 e. The highest BCUT2D eigenvalue weighted by Gasteiger charge is 2.17. The van der Waals surface area contributed by atoms with Crippen LogP contribution in [0.15, 0.2) is 5.16 Å². The van der Waals surface area contributed by atoms with E-state index in [2.05, 4.69) is 40.9 Å². The van der Waals surface area contributed by atoms with Crippen molar-refractivity contribution in [3.05, 3.63) is 5.82 Å². The van der Waals surface area contributed by atoms with Gasteiger partial charge in [-0.1, -0.05) is 25.6 Å². The van der Waals surface area contributed by atoms with Crippen molar-refractivity contribution in [2.24, 2.45) is 0 Å². The highest BCUT2D eigenvalue weighted by molar-refractivity contribution is 7.99. The van der Waals surface area contributed by atoms with Crippen LogP contribution >= 0.6 is 11.8 Å². The van der Waals surface area contributed by atoms with E-state index in [0.29, 0.717) is 11.7 Å². The van der Waals surface area contributed by atoms with Crippen molar-refractivity contribution in [3.8, 4) is 0 Å². The summed E-state index contributed by atoms with van der Waals surface area (Å²) in [6.07, 6.45) is 0. The number of carbonyl (C=O) groups is 1. The summed E-state index contributed by atoms with van der Waals surface area (Å²) in [5.41, 5.74) is -0.195. The van der Waals surface area contributed by atoms with E-state index >= 15 is 0 Å². The summed E-state index contributed by atoms with van der Waals surface area (Å²) in [6.45, 7) is 13.0. The largest absolute Gasteiger partial charge is 0.351 e. The minimum absolute atomic E-state index is 0.0225. The number of carbonyl (C=O) groups excluding carboxylic acids is 1. The molecule has 0 fully saturated rings. The van der Waals surface area contributed by atoms with Crippen LogP contribution in [0.5, 0.6) is 0 Å². The number of thioether (sulfide) groups is 1. The number of aromatic nitrogens is 3. The molecule has 1 heterocycles. The molecule has 19 heavy (non-hydrogen) atoms. The Morgan fingerprint density at radius 3 is 2.47 bits per heavy atom. The summed E-state index contributed by atoms with van der Waals surface area (Å²) < 4.78 is 2.07. The number of amides is 1. The minimum atomic E-state index is -0.195. The van der Waals surface area contributed by atoms with Gasteiger partial charge in [0.05, 0.1) is 5.75 Å². The number of nitrogens with zero attached hydrogens (tertiary/aromatic N) is 3. The fourth-order valence-corrected chi connectivity index (χ4v) is 2.52. The number of hydrogen-bond acceptors (Lipinski definition) is 4. The quantitative estimate of drug-likeness (QED) is 0.844. The Bertz CT molecular complexity index is 434. The van der Waals surface area contributed by atoms with Crippen LogP contribution in [0.4, 0.5) is 0 Å². The zero-order chi connectivity index (χ0) is 14.6. The predicted molar refractivity (Wildman–Crippen MR) is 78.4 cm³/mol. The average Bonchev–Trinajstić information content (AvgIpc) is 2.66. The van der Waals surface area contributed by atoms with Gasteiger partial charge in [0.15, 0.2) is 5.16 Å². The van der Waals surface area contributed by atoms with Crippen molar-refractivity contribution in [1.82, 2.24) is 20.1 Å². The summed E-state index contributed by atoms with van der Waals surface area (Å²) in [5, 5.41) is 12.1. The standard InChI is InChI=1S/C13H24N4OS/c1-7-17-11(9(2)3)15-16-12(17)19-8-10(18)14-13(4,5)6/h9H,7-8H2,1-6H3,(H,14,18). The van der Waals surface area contributed by atoms with E-state index in [-0.39, 0.29) is 11.4 Å². The molecule has 0 aliphatic carbocycles. The monoisotopic (exact) mass is 284 g/mol. The van der Waals surface area contributed by atoms with E-state index in [0.717, 1.165) is 17.5 Å². The molecule has 1 aromatic heterocycles. The Morgan fingerprint density at radius 2 is 2.00 bits per heavy atom. The lowest BCUT2D eigenvalue weighted by atomic mass is 10.1. The molecule has 5 nitrogen and oxygen atoms in total. The maximum atomic E-state index is 11.8. The second-order valence-corrected chi connectivity index (χ2v) is 6.77.